The van der Waals surface area contributed by atoms with Gasteiger partial charge < -0.3 is 15.5 Å². The fraction of sp³-hybridized carbons (Fsp3) is 0.350. The molecular formula is C20H28IN7. The van der Waals surface area contributed by atoms with Crippen LogP contribution in [0.3, 0.4) is 0 Å². The molecule has 0 fully saturated rings. The third-order valence-electron chi connectivity index (χ3n) is 4.44. The first-order valence-electron chi connectivity index (χ1n) is 9.26. The average molecular weight is 493 g/mol. The van der Waals surface area contributed by atoms with E-state index in [-0.39, 0.29) is 24.0 Å². The third kappa shape index (κ3) is 5.57. The van der Waals surface area contributed by atoms with Gasteiger partial charge in [0.05, 0.1) is 6.54 Å². The van der Waals surface area contributed by atoms with E-state index in [1.165, 1.54) is 11.3 Å². The number of fused-ring (bicyclic) bond motifs is 1. The molecule has 28 heavy (non-hydrogen) atoms. The number of hydrogen-bond donors (Lipinski definition) is 2. The highest BCUT2D eigenvalue weighted by atomic mass is 127. The van der Waals surface area contributed by atoms with Crippen LogP contribution in [0.4, 0.5) is 5.69 Å². The molecule has 0 amide bonds. The van der Waals surface area contributed by atoms with Crippen molar-refractivity contribution in [3.05, 3.63) is 60.0 Å². The summed E-state index contributed by atoms with van der Waals surface area (Å²) in [5, 5.41) is 15.1. The summed E-state index contributed by atoms with van der Waals surface area (Å²) in [6.45, 7) is 7.50. The van der Waals surface area contributed by atoms with Crippen molar-refractivity contribution < 1.29 is 0 Å². The Bertz CT molecular complexity index is 906. The van der Waals surface area contributed by atoms with Crippen molar-refractivity contribution in [2.24, 2.45) is 4.99 Å². The lowest BCUT2D eigenvalue weighted by molar-refractivity contribution is 0.734. The highest BCUT2D eigenvalue weighted by Crippen LogP contribution is 2.14. The largest absolute Gasteiger partial charge is 0.370 e. The fourth-order valence-electron chi connectivity index (χ4n) is 3.00. The zero-order chi connectivity index (χ0) is 19.1. The molecular weight excluding hydrogens is 465 g/mol. The van der Waals surface area contributed by atoms with Crippen molar-refractivity contribution >= 4 is 41.3 Å². The summed E-state index contributed by atoms with van der Waals surface area (Å²) in [6, 6.07) is 14.5. The summed E-state index contributed by atoms with van der Waals surface area (Å²) in [4.78, 5) is 6.64. The maximum absolute atomic E-state index is 4.30. The molecule has 7 nitrogen and oxygen atoms in total. The van der Waals surface area contributed by atoms with Crippen molar-refractivity contribution in [3.8, 4) is 0 Å². The number of guanidine groups is 1. The van der Waals surface area contributed by atoms with E-state index in [1.54, 1.807) is 7.05 Å². The minimum absolute atomic E-state index is 0. The summed E-state index contributed by atoms with van der Waals surface area (Å²) in [5.74, 6) is 1.60. The summed E-state index contributed by atoms with van der Waals surface area (Å²) < 4.78 is 1.97. The van der Waals surface area contributed by atoms with Crippen LogP contribution in [-0.2, 0) is 6.54 Å². The lowest BCUT2D eigenvalue weighted by Gasteiger charge is -2.24. The maximum atomic E-state index is 4.30. The topological polar surface area (TPSA) is 69.8 Å². The minimum Gasteiger partial charge on any atom is -0.370 e. The predicted molar refractivity (Wildman–Crippen MR) is 126 cm³/mol. The number of hydrogen-bond acceptors (Lipinski definition) is 4. The molecule has 3 aromatic rings. The Hall–Kier alpha value is -2.36. The van der Waals surface area contributed by atoms with Gasteiger partial charge in [-0.25, -0.2) is 0 Å². The molecule has 0 aliphatic rings. The lowest BCUT2D eigenvalue weighted by atomic mass is 10.2. The molecule has 150 valence electrons. The Morgan fingerprint density at radius 1 is 1.14 bits per heavy atom. The van der Waals surface area contributed by atoms with Gasteiger partial charge in [-0.15, -0.1) is 34.2 Å². The van der Waals surface area contributed by atoms with E-state index in [0.717, 1.165) is 37.1 Å². The van der Waals surface area contributed by atoms with Crippen molar-refractivity contribution in [1.82, 2.24) is 25.2 Å². The lowest BCUT2D eigenvalue weighted by Crippen LogP contribution is -2.41. The first kappa shape index (κ1) is 21.9. The standard InChI is InChI=1S/C20H27N7.HI/c1-4-26(17-9-7-8-16(2)14-17)13-11-22-20(21-3)23-15-19-25-24-18-10-5-6-12-27(18)19;/h5-10,12,14H,4,11,13,15H2,1-3H3,(H2,21,22,23);1H. The van der Waals surface area contributed by atoms with Gasteiger partial charge in [0.2, 0.25) is 0 Å². The van der Waals surface area contributed by atoms with Gasteiger partial charge in [0, 0.05) is 38.6 Å². The van der Waals surface area contributed by atoms with E-state index < -0.39 is 0 Å². The van der Waals surface area contributed by atoms with E-state index >= 15 is 0 Å². The quantitative estimate of drug-likeness (QED) is 0.301. The Morgan fingerprint density at radius 2 is 2.00 bits per heavy atom. The summed E-state index contributed by atoms with van der Waals surface area (Å²) in [6.07, 6.45) is 1.96. The number of benzene rings is 1. The van der Waals surface area contributed by atoms with Gasteiger partial charge >= 0.3 is 0 Å². The van der Waals surface area contributed by atoms with E-state index in [1.807, 2.05) is 28.8 Å². The van der Waals surface area contributed by atoms with E-state index in [2.05, 4.69) is 68.8 Å². The van der Waals surface area contributed by atoms with Gasteiger partial charge in [0.25, 0.3) is 0 Å². The zero-order valence-electron chi connectivity index (χ0n) is 16.6. The van der Waals surface area contributed by atoms with Crippen LogP contribution in [-0.4, -0.2) is 47.2 Å². The van der Waals surface area contributed by atoms with Gasteiger partial charge in [-0.1, -0.05) is 18.2 Å². The molecule has 0 aliphatic carbocycles. The van der Waals surface area contributed by atoms with Crippen LogP contribution in [0, 0.1) is 6.92 Å². The molecule has 0 aliphatic heterocycles. The molecule has 0 atom stereocenters. The highest BCUT2D eigenvalue weighted by molar-refractivity contribution is 14.0. The van der Waals surface area contributed by atoms with Crippen molar-refractivity contribution in [3.63, 3.8) is 0 Å². The van der Waals surface area contributed by atoms with Crippen LogP contribution < -0.4 is 15.5 Å². The average Bonchev–Trinajstić information content (AvgIpc) is 3.11. The molecule has 2 N–H and O–H groups in total. The second kappa shape index (κ2) is 10.8. The van der Waals surface area contributed by atoms with Crippen LogP contribution in [0.15, 0.2) is 53.7 Å². The number of rotatable bonds is 7. The van der Waals surface area contributed by atoms with Crippen LogP contribution >= 0.6 is 24.0 Å². The molecule has 0 unspecified atom stereocenters. The monoisotopic (exact) mass is 493 g/mol. The van der Waals surface area contributed by atoms with Crippen LogP contribution in [0.25, 0.3) is 5.65 Å². The molecule has 2 aromatic heterocycles. The SMILES string of the molecule is CCN(CCNC(=NC)NCc1nnc2ccccn12)c1cccc(C)c1.I. The van der Waals surface area contributed by atoms with Crippen LogP contribution in [0.1, 0.15) is 18.3 Å². The first-order chi connectivity index (χ1) is 13.2. The number of aromatic nitrogens is 3. The van der Waals surface area contributed by atoms with Crippen LogP contribution in [0.5, 0.6) is 0 Å². The number of pyridine rings is 1. The molecule has 2 heterocycles. The number of nitrogens with zero attached hydrogens (tertiary/aromatic N) is 5. The molecule has 0 saturated heterocycles. The van der Waals surface area contributed by atoms with Gasteiger partial charge in [0.1, 0.15) is 0 Å². The van der Waals surface area contributed by atoms with Gasteiger partial charge in [0.15, 0.2) is 17.4 Å². The molecule has 0 radical (unpaired) electrons. The Labute approximate surface area is 183 Å². The number of aliphatic imine (C=N–C) groups is 1. The first-order valence-corrected chi connectivity index (χ1v) is 9.26. The molecule has 3 rings (SSSR count). The highest BCUT2D eigenvalue weighted by Gasteiger charge is 2.07. The molecule has 0 spiro atoms. The second-order valence-electron chi connectivity index (χ2n) is 6.32. The molecule has 1 aromatic carbocycles. The summed E-state index contributed by atoms with van der Waals surface area (Å²) in [7, 11) is 1.77. The fourth-order valence-corrected chi connectivity index (χ4v) is 3.00. The zero-order valence-corrected chi connectivity index (χ0v) is 18.9. The van der Waals surface area contributed by atoms with E-state index in [0.29, 0.717) is 6.54 Å². The number of nitrogens with one attached hydrogen (secondary N) is 2. The normalized spacial score (nSPS) is 11.2. The van der Waals surface area contributed by atoms with Crippen molar-refractivity contribution in [2.75, 3.05) is 31.6 Å². The third-order valence-corrected chi connectivity index (χ3v) is 4.44. The second-order valence-corrected chi connectivity index (χ2v) is 6.32. The molecule has 8 heteroatoms. The van der Waals surface area contributed by atoms with Gasteiger partial charge in [-0.05, 0) is 43.7 Å². The van der Waals surface area contributed by atoms with Crippen molar-refractivity contribution in [1.29, 1.82) is 0 Å². The maximum Gasteiger partial charge on any atom is 0.191 e. The number of likely N-dealkylation sites (N-methyl/N-ethyl adjacent to an activating group) is 1. The number of anilines is 1. The number of halogens is 1. The predicted octanol–water partition coefficient (Wildman–Crippen LogP) is 2.85. The summed E-state index contributed by atoms with van der Waals surface area (Å²) >= 11 is 0. The Kier molecular flexibility index (Phi) is 8.49. The van der Waals surface area contributed by atoms with Crippen LogP contribution in [0.2, 0.25) is 0 Å². The minimum atomic E-state index is 0. The van der Waals surface area contributed by atoms with E-state index in [9.17, 15) is 0 Å². The van der Waals surface area contributed by atoms with E-state index in [4.69, 9.17) is 0 Å². The smallest absolute Gasteiger partial charge is 0.191 e. The van der Waals surface area contributed by atoms with Gasteiger partial charge in [-0.2, -0.15) is 0 Å². The summed E-state index contributed by atoms with van der Waals surface area (Å²) in [5.41, 5.74) is 3.36. The number of aryl methyl sites for hydroxylation is 1. The van der Waals surface area contributed by atoms with Gasteiger partial charge in [-0.3, -0.25) is 9.39 Å². The molecule has 0 saturated carbocycles. The Balaban J connectivity index is 0.00000280. The molecule has 0 bridgehead atoms. The Morgan fingerprint density at radius 3 is 2.75 bits per heavy atom. The van der Waals surface area contributed by atoms with Crippen molar-refractivity contribution in [2.45, 2.75) is 20.4 Å².